The van der Waals surface area contributed by atoms with Gasteiger partial charge in [-0.3, -0.25) is 14.5 Å². The van der Waals surface area contributed by atoms with Crippen LogP contribution in [0.25, 0.3) is 5.76 Å². The van der Waals surface area contributed by atoms with Crippen LogP contribution in [-0.2, 0) is 15.0 Å². The molecule has 1 atom stereocenters. The molecule has 0 aliphatic carbocycles. The zero-order chi connectivity index (χ0) is 28.5. The number of amides is 1. The fourth-order valence-electron chi connectivity index (χ4n) is 4.72. The molecule has 6 heteroatoms. The van der Waals surface area contributed by atoms with Crippen molar-refractivity contribution in [1.82, 2.24) is 0 Å². The Morgan fingerprint density at radius 3 is 2.28 bits per heavy atom. The van der Waals surface area contributed by atoms with Gasteiger partial charge in [0.2, 0.25) is 0 Å². The van der Waals surface area contributed by atoms with E-state index in [1.165, 1.54) is 4.90 Å². The molecule has 1 amide bonds. The van der Waals surface area contributed by atoms with Crippen LogP contribution < -0.4 is 14.4 Å². The van der Waals surface area contributed by atoms with Crippen LogP contribution >= 0.6 is 0 Å². The number of Topliss-reactive ketones (excluding diaryl/α,β-unsaturated/α-hetero) is 1. The Labute approximate surface area is 230 Å². The van der Waals surface area contributed by atoms with Gasteiger partial charge < -0.3 is 14.6 Å². The van der Waals surface area contributed by atoms with E-state index in [0.29, 0.717) is 40.8 Å². The lowest BCUT2D eigenvalue weighted by molar-refractivity contribution is -0.132. The number of carbonyl (C=O) groups excluding carboxylic acids is 2. The third-order valence-electron chi connectivity index (χ3n) is 6.89. The number of hydrogen-bond acceptors (Lipinski definition) is 5. The van der Waals surface area contributed by atoms with Gasteiger partial charge in [0, 0.05) is 11.3 Å². The van der Waals surface area contributed by atoms with Crippen molar-refractivity contribution >= 4 is 23.1 Å². The molecule has 39 heavy (non-hydrogen) atoms. The molecule has 4 rings (SSSR count). The van der Waals surface area contributed by atoms with Crippen molar-refractivity contribution in [3.05, 3.63) is 94.6 Å². The van der Waals surface area contributed by atoms with Crippen molar-refractivity contribution in [3.63, 3.8) is 0 Å². The Morgan fingerprint density at radius 1 is 1.00 bits per heavy atom. The minimum absolute atomic E-state index is 0.0309. The predicted octanol–water partition coefficient (Wildman–Crippen LogP) is 6.96. The molecular formula is C33H37NO5. The number of ether oxygens (including phenoxy) is 2. The zero-order valence-electron chi connectivity index (χ0n) is 23.7. The van der Waals surface area contributed by atoms with Crippen LogP contribution in [0.2, 0.25) is 0 Å². The highest BCUT2D eigenvalue weighted by molar-refractivity contribution is 6.51. The quantitative estimate of drug-likeness (QED) is 0.204. The molecule has 3 aromatic carbocycles. The zero-order valence-corrected chi connectivity index (χ0v) is 23.7. The third kappa shape index (κ3) is 5.70. The van der Waals surface area contributed by atoms with E-state index in [1.54, 1.807) is 37.4 Å². The number of nitrogens with zero attached hydrogens (tertiary/aromatic N) is 1. The van der Waals surface area contributed by atoms with E-state index in [-0.39, 0.29) is 16.7 Å². The van der Waals surface area contributed by atoms with E-state index in [4.69, 9.17) is 9.47 Å². The number of rotatable bonds is 7. The molecule has 0 spiro atoms. The molecule has 1 fully saturated rings. The summed E-state index contributed by atoms with van der Waals surface area (Å²) in [5, 5.41) is 11.5. The van der Waals surface area contributed by atoms with Gasteiger partial charge in [-0.05, 0) is 77.4 Å². The molecule has 0 aromatic heterocycles. The van der Waals surface area contributed by atoms with Crippen molar-refractivity contribution in [1.29, 1.82) is 0 Å². The fourth-order valence-corrected chi connectivity index (χ4v) is 4.72. The molecule has 6 nitrogen and oxygen atoms in total. The monoisotopic (exact) mass is 527 g/mol. The number of hydrogen-bond donors (Lipinski definition) is 1. The Morgan fingerprint density at radius 2 is 1.69 bits per heavy atom. The Bertz CT molecular complexity index is 1410. The van der Waals surface area contributed by atoms with E-state index < -0.39 is 17.7 Å². The van der Waals surface area contributed by atoms with E-state index >= 15 is 0 Å². The lowest BCUT2D eigenvalue weighted by Gasteiger charge is -2.27. The van der Waals surface area contributed by atoms with E-state index in [1.807, 2.05) is 43.3 Å². The van der Waals surface area contributed by atoms with E-state index in [9.17, 15) is 14.7 Å². The fraction of sp³-hybridized carbons (Fsp3) is 0.333. The van der Waals surface area contributed by atoms with Gasteiger partial charge >= 0.3 is 0 Å². The van der Waals surface area contributed by atoms with Crippen LogP contribution in [0.1, 0.15) is 62.9 Å². The number of aliphatic hydroxyl groups is 1. The van der Waals surface area contributed by atoms with Crippen LogP contribution in [0.3, 0.4) is 0 Å². The Balaban J connectivity index is 1.85. The summed E-state index contributed by atoms with van der Waals surface area (Å²) < 4.78 is 11.3. The second kappa shape index (κ2) is 11.0. The largest absolute Gasteiger partial charge is 0.507 e. The lowest BCUT2D eigenvalue weighted by atomic mass is 9.87. The minimum Gasteiger partial charge on any atom is -0.507 e. The number of aliphatic hydroxyl groups excluding tert-OH is 1. The van der Waals surface area contributed by atoms with Gasteiger partial charge in [-0.25, -0.2) is 0 Å². The SMILES string of the molecule is COc1cccc(C2/C(=C(/O)c3ccc(OCC(C)C)c(C)c3)C(=O)C(=O)N2c2ccc(C(C)(C)C)cc2)c1. The van der Waals surface area contributed by atoms with Gasteiger partial charge in [-0.2, -0.15) is 0 Å². The van der Waals surface area contributed by atoms with Gasteiger partial charge in [-0.15, -0.1) is 0 Å². The molecule has 1 unspecified atom stereocenters. The first-order chi connectivity index (χ1) is 18.4. The van der Waals surface area contributed by atoms with Crippen molar-refractivity contribution < 1.29 is 24.2 Å². The predicted molar refractivity (Wildman–Crippen MR) is 154 cm³/mol. The molecule has 204 valence electrons. The van der Waals surface area contributed by atoms with Crippen LogP contribution in [0.5, 0.6) is 11.5 Å². The first-order valence-electron chi connectivity index (χ1n) is 13.2. The molecule has 1 heterocycles. The summed E-state index contributed by atoms with van der Waals surface area (Å²) in [5.41, 5.74) is 3.57. The van der Waals surface area contributed by atoms with Crippen LogP contribution in [0.4, 0.5) is 5.69 Å². The normalized spacial score (nSPS) is 17.1. The van der Waals surface area contributed by atoms with Crippen LogP contribution in [0, 0.1) is 12.8 Å². The number of anilines is 1. The smallest absolute Gasteiger partial charge is 0.300 e. The maximum Gasteiger partial charge on any atom is 0.300 e. The molecule has 0 saturated carbocycles. The first kappa shape index (κ1) is 28.0. The van der Waals surface area contributed by atoms with E-state index in [0.717, 1.165) is 11.1 Å². The highest BCUT2D eigenvalue weighted by atomic mass is 16.5. The molecule has 1 aliphatic heterocycles. The topological polar surface area (TPSA) is 76.1 Å². The second-order valence-electron chi connectivity index (χ2n) is 11.4. The van der Waals surface area contributed by atoms with Gasteiger partial charge in [-0.1, -0.05) is 58.9 Å². The van der Waals surface area contributed by atoms with E-state index in [2.05, 4.69) is 34.6 Å². The maximum atomic E-state index is 13.5. The summed E-state index contributed by atoms with van der Waals surface area (Å²) in [6, 6.07) is 19.3. The molecular weight excluding hydrogens is 490 g/mol. The molecule has 1 aliphatic rings. The third-order valence-corrected chi connectivity index (χ3v) is 6.89. The summed E-state index contributed by atoms with van der Waals surface area (Å²) in [6.45, 7) is 13.0. The second-order valence-corrected chi connectivity index (χ2v) is 11.4. The van der Waals surface area contributed by atoms with Crippen molar-refractivity contribution in [3.8, 4) is 11.5 Å². The van der Waals surface area contributed by atoms with Gasteiger partial charge in [0.25, 0.3) is 11.7 Å². The minimum atomic E-state index is -0.835. The molecule has 1 saturated heterocycles. The molecule has 0 radical (unpaired) electrons. The Kier molecular flexibility index (Phi) is 7.86. The van der Waals surface area contributed by atoms with Gasteiger partial charge in [0.1, 0.15) is 17.3 Å². The Hall–Kier alpha value is -4.06. The summed E-state index contributed by atoms with van der Waals surface area (Å²) in [4.78, 5) is 28.5. The average Bonchev–Trinajstić information content (AvgIpc) is 3.17. The van der Waals surface area contributed by atoms with Crippen molar-refractivity contribution in [2.75, 3.05) is 18.6 Å². The summed E-state index contributed by atoms with van der Waals surface area (Å²) >= 11 is 0. The first-order valence-corrected chi connectivity index (χ1v) is 13.2. The number of methoxy groups -OCH3 is 1. The summed E-state index contributed by atoms with van der Waals surface area (Å²) in [7, 11) is 1.56. The number of aryl methyl sites for hydroxylation is 1. The van der Waals surface area contributed by atoms with Crippen LogP contribution in [-0.4, -0.2) is 30.5 Å². The molecule has 0 bridgehead atoms. The number of ketones is 1. The summed E-state index contributed by atoms with van der Waals surface area (Å²) in [5.74, 6) is 0.00873. The highest BCUT2D eigenvalue weighted by Gasteiger charge is 2.47. The molecule has 3 aromatic rings. The number of benzene rings is 3. The van der Waals surface area contributed by atoms with Gasteiger partial charge in [0.15, 0.2) is 0 Å². The van der Waals surface area contributed by atoms with Gasteiger partial charge in [0.05, 0.1) is 25.3 Å². The maximum absolute atomic E-state index is 13.5. The standard InChI is InChI=1S/C33H37NO5/c1-20(2)19-39-27-16-11-23(17-21(27)3)30(35)28-29(22-9-8-10-26(18-22)38-7)34(32(37)31(28)36)25-14-12-24(13-15-25)33(4,5)6/h8-18,20,29,35H,19H2,1-7H3/b30-28-. The summed E-state index contributed by atoms with van der Waals surface area (Å²) in [6.07, 6.45) is 0. The average molecular weight is 528 g/mol. The van der Waals surface area contributed by atoms with Crippen LogP contribution in [0.15, 0.2) is 72.3 Å². The lowest BCUT2D eigenvalue weighted by Crippen LogP contribution is -2.29. The molecule has 1 N–H and O–H groups in total. The highest BCUT2D eigenvalue weighted by Crippen LogP contribution is 2.43. The number of carbonyl (C=O) groups is 2. The van der Waals surface area contributed by atoms with Crippen molar-refractivity contribution in [2.24, 2.45) is 5.92 Å². The van der Waals surface area contributed by atoms with Crippen molar-refractivity contribution in [2.45, 2.75) is 53.0 Å².